The number of amides is 1. The largest absolute Gasteiger partial charge is 0.414 e. The summed E-state index contributed by atoms with van der Waals surface area (Å²) in [7, 11) is 0. The third-order valence-electron chi connectivity index (χ3n) is 4.03. The number of benzene rings is 1. The lowest BCUT2D eigenvalue weighted by atomic mass is 10.2. The van der Waals surface area contributed by atoms with Crippen LogP contribution < -0.4 is 0 Å². The monoisotopic (exact) mass is 370 g/mol. The van der Waals surface area contributed by atoms with Crippen LogP contribution in [0.2, 0.25) is 0 Å². The fraction of sp³-hybridized carbons (Fsp3) is 0.353. The van der Waals surface area contributed by atoms with E-state index in [9.17, 15) is 4.79 Å². The van der Waals surface area contributed by atoms with Crippen molar-refractivity contribution in [2.45, 2.75) is 37.2 Å². The lowest BCUT2D eigenvalue weighted by Crippen LogP contribution is -2.33. The van der Waals surface area contributed by atoms with Crippen LogP contribution in [0.1, 0.15) is 24.3 Å². The summed E-state index contributed by atoms with van der Waals surface area (Å²) in [5.41, 5.74) is 1.14. The normalized spacial score (nSPS) is 13.7. The highest BCUT2D eigenvalue weighted by Crippen LogP contribution is 2.29. The first-order valence-electron chi connectivity index (χ1n) is 8.39. The van der Waals surface area contributed by atoms with E-state index in [-0.39, 0.29) is 11.7 Å². The first kappa shape index (κ1) is 16.8. The lowest BCUT2D eigenvalue weighted by molar-refractivity contribution is -0.129. The summed E-state index contributed by atoms with van der Waals surface area (Å²) >= 11 is 1.27. The average molecular weight is 370 g/mol. The van der Waals surface area contributed by atoms with Gasteiger partial charge in [-0.15, -0.1) is 10.2 Å². The molecule has 0 bridgehead atoms. The van der Waals surface area contributed by atoms with Gasteiger partial charge in [0.2, 0.25) is 11.8 Å². The number of carbonyl (C=O) groups excluding carboxylic acids is 1. The molecule has 8 nitrogen and oxygen atoms in total. The van der Waals surface area contributed by atoms with Crippen molar-refractivity contribution in [2.24, 2.45) is 0 Å². The maximum absolute atomic E-state index is 12.7. The van der Waals surface area contributed by atoms with Crippen LogP contribution in [0.4, 0.5) is 0 Å². The first-order valence-corrected chi connectivity index (χ1v) is 9.37. The van der Waals surface area contributed by atoms with Crippen molar-refractivity contribution in [1.82, 2.24) is 29.9 Å². The van der Waals surface area contributed by atoms with Gasteiger partial charge in [-0.1, -0.05) is 42.1 Å². The molecule has 2 aromatic heterocycles. The zero-order valence-corrected chi connectivity index (χ0v) is 14.9. The molecule has 134 valence electrons. The number of rotatable bonds is 8. The van der Waals surface area contributed by atoms with Gasteiger partial charge >= 0.3 is 0 Å². The van der Waals surface area contributed by atoms with E-state index in [1.807, 2.05) is 35.2 Å². The van der Waals surface area contributed by atoms with Crippen LogP contribution in [0.15, 0.2) is 52.6 Å². The Balaban J connectivity index is 1.33. The van der Waals surface area contributed by atoms with Crippen LogP contribution in [0.3, 0.4) is 0 Å². The minimum Gasteiger partial charge on any atom is -0.414 e. The molecule has 0 radical (unpaired) electrons. The molecule has 0 unspecified atom stereocenters. The fourth-order valence-corrected chi connectivity index (χ4v) is 3.27. The Kier molecular flexibility index (Phi) is 4.96. The quantitative estimate of drug-likeness (QED) is 0.560. The second kappa shape index (κ2) is 7.69. The Morgan fingerprint density at radius 3 is 2.85 bits per heavy atom. The molecule has 2 heterocycles. The summed E-state index contributed by atoms with van der Waals surface area (Å²) in [5.74, 6) is 0.819. The van der Waals surface area contributed by atoms with Crippen molar-refractivity contribution in [1.29, 1.82) is 0 Å². The molecule has 0 N–H and O–H groups in total. The molecule has 3 aromatic rings. The molecule has 0 aliphatic heterocycles. The molecular formula is C17H18N6O2S. The van der Waals surface area contributed by atoms with Crippen LogP contribution in [-0.4, -0.2) is 47.6 Å². The van der Waals surface area contributed by atoms with E-state index in [4.69, 9.17) is 4.42 Å². The molecule has 0 atom stereocenters. The van der Waals surface area contributed by atoms with E-state index in [2.05, 4.69) is 20.3 Å². The van der Waals surface area contributed by atoms with Crippen LogP contribution >= 0.6 is 11.8 Å². The Morgan fingerprint density at radius 1 is 1.27 bits per heavy atom. The van der Waals surface area contributed by atoms with Gasteiger partial charge in [-0.3, -0.25) is 4.79 Å². The van der Waals surface area contributed by atoms with Crippen LogP contribution in [0.25, 0.3) is 0 Å². The molecule has 1 aromatic carbocycles. The number of aromatic nitrogens is 5. The molecule has 0 spiro atoms. The number of nitrogens with zero attached hydrogens (tertiary/aromatic N) is 6. The average Bonchev–Trinajstić information content (AvgIpc) is 3.18. The molecule has 1 aliphatic carbocycles. The minimum absolute atomic E-state index is 0.0948. The Labute approximate surface area is 154 Å². The van der Waals surface area contributed by atoms with E-state index >= 15 is 0 Å². The SMILES string of the molecule is O=C(CSc1nnc(Cn2cncn2)o1)N(Cc1ccccc1)C1CC1. The Morgan fingerprint density at radius 2 is 2.12 bits per heavy atom. The van der Waals surface area contributed by atoms with Gasteiger partial charge in [0.25, 0.3) is 5.22 Å². The van der Waals surface area contributed by atoms with Crippen LogP contribution in [-0.2, 0) is 17.9 Å². The van der Waals surface area contributed by atoms with Crippen LogP contribution in [0.5, 0.6) is 0 Å². The first-order chi connectivity index (χ1) is 12.8. The van der Waals surface area contributed by atoms with E-state index in [0.29, 0.717) is 30.2 Å². The number of hydrogen-bond acceptors (Lipinski definition) is 7. The summed E-state index contributed by atoms with van der Waals surface area (Å²) in [5, 5.41) is 12.4. The zero-order chi connectivity index (χ0) is 17.8. The highest BCUT2D eigenvalue weighted by Gasteiger charge is 2.32. The van der Waals surface area contributed by atoms with Crippen molar-refractivity contribution in [3.63, 3.8) is 0 Å². The molecule has 0 saturated heterocycles. The maximum Gasteiger partial charge on any atom is 0.277 e. The van der Waals surface area contributed by atoms with Crippen molar-refractivity contribution in [3.05, 3.63) is 54.4 Å². The summed E-state index contributed by atoms with van der Waals surface area (Å²) in [6.45, 7) is 1.01. The molecular weight excluding hydrogens is 352 g/mol. The van der Waals surface area contributed by atoms with E-state index < -0.39 is 0 Å². The van der Waals surface area contributed by atoms with Gasteiger partial charge < -0.3 is 9.32 Å². The van der Waals surface area contributed by atoms with E-state index in [0.717, 1.165) is 18.4 Å². The van der Waals surface area contributed by atoms with Gasteiger partial charge in [0.15, 0.2) is 0 Å². The molecule has 1 amide bonds. The third-order valence-corrected chi connectivity index (χ3v) is 4.84. The smallest absolute Gasteiger partial charge is 0.277 e. The standard InChI is InChI=1S/C17H18N6O2S/c24-16(23(14-6-7-14)8-13-4-2-1-3-5-13)10-26-17-21-20-15(25-17)9-22-12-18-11-19-22/h1-5,11-12,14H,6-10H2. The second-order valence-corrected chi connectivity index (χ2v) is 7.01. The molecule has 1 fully saturated rings. The molecule has 1 aliphatic rings. The molecule has 1 saturated carbocycles. The summed E-state index contributed by atoms with van der Waals surface area (Å²) in [6, 6.07) is 10.4. The zero-order valence-electron chi connectivity index (χ0n) is 14.1. The van der Waals surface area contributed by atoms with Crippen molar-refractivity contribution in [3.8, 4) is 0 Å². The van der Waals surface area contributed by atoms with Gasteiger partial charge in [0.05, 0.1) is 5.75 Å². The highest BCUT2D eigenvalue weighted by atomic mass is 32.2. The van der Waals surface area contributed by atoms with Gasteiger partial charge in [-0.2, -0.15) is 5.10 Å². The van der Waals surface area contributed by atoms with E-state index in [1.165, 1.54) is 18.1 Å². The number of thioether (sulfide) groups is 1. The van der Waals surface area contributed by atoms with Gasteiger partial charge in [0, 0.05) is 12.6 Å². The topological polar surface area (TPSA) is 89.9 Å². The molecule has 4 rings (SSSR count). The van der Waals surface area contributed by atoms with Crippen molar-refractivity contribution >= 4 is 17.7 Å². The summed E-state index contributed by atoms with van der Waals surface area (Å²) < 4.78 is 7.16. The lowest BCUT2D eigenvalue weighted by Gasteiger charge is -2.22. The Hall–Kier alpha value is -2.68. The van der Waals surface area contributed by atoms with Crippen molar-refractivity contribution in [2.75, 3.05) is 5.75 Å². The third kappa shape index (κ3) is 4.29. The van der Waals surface area contributed by atoms with Gasteiger partial charge in [0.1, 0.15) is 19.2 Å². The molecule has 9 heteroatoms. The summed E-state index contributed by atoms with van der Waals surface area (Å²) in [6.07, 6.45) is 5.18. The predicted molar refractivity (Wildman–Crippen MR) is 94.2 cm³/mol. The fourth-order valence-electron chi connectivity index (χ4n) is 2.61. The molecule has 26 heavy (non-hydrogen) atoms. The number of hydrogen-bond donors (Lipinski definition) is 0. The van der Waals surface area contributed by atoms with Gasteiger partial charge in [-0.25, -0.2) is 9.67 Å². The second-order valence-electron chi connectivity index (χ2n) is 6.08. The highest BCUT2D eigenvalue weighted by molar-refractivity contribution is 7.99. The maximum atomic E-state index is 12.7. The Bertz CT molecular complexity index is 847. The number of carbonyl (C=O) groups is 1. The van der Waals surface area contributed by atoms with E-state index in [1.54, 1.807) is 11.0 Å². The summed E-state index contributed by atoms with van der Waals surface area (Å²) in [4.78, 5) is 18.5. The van der Waals surface area contributed by atoms with Crippen molar-refractivity contribution < 1.29 is 9.21 Å². The predicted octanol–water partition coefficient (Wildman–Crippen LogP) is 1.99. The minimum atomic E-state index is 0.0948. The van der Waals surface area contributed by atoms with Gasteiger partial charge in [-0.05, 0) is 18.4 Å². The van der Waals surface area contributed by atoms with Crippen LogP contribution in [0, 0.1) is 0 Å².